The number of carbonyl (C=O) groups excluding carboxylic acids is 1. The Hall–Kier alpha value is -1.16. The molecule has 0 aliphatic carbocycles. The van der Waals surface area contributed by atoms with E-state index in [2.05, 4.69) is 5.32 Å². The van der Waals surface area contributed by atoms with Gasteiger partial charge in [0.15, 0.2) is 0 Å². The molecule has 3 nitrogen and oxygen atoms in total. The highest BCUT2D eigenvalue weighted by atomic mass is 32.2. The molecular formula is C12H17NO2S. The molecule has 0 bridgehead atoms. The molecule has 1 aromatic carbocycles. The minimum absolute atomic E-state index is 0.225. The molecule has 1 N–H and O–H groups in total. The van der Waals surface area contributed by atoms with Gasteiger partial charge in [-0.2, -0.15) is 0 Å². The third-order valence-electron chi connectivity index (χ3n) is 2.30. The average molecular weight is 239 g/mol. The molecule has 0 aliphatic heterocycles. The summed E-state index contributed by atoms with van der Waals surface area (Å²) in [6.07, 6.45) is 2.73. The molecule has 1 unspecified atom stereocenters. The van der Waals surface area contributed by atoms with Crippen molar-refractivity contribution in [2.45, 2.75) is 24.3 Å². The second-order valence-corrected chi connectivity index (χ2v) is 4.24. The predicted octanol–water partition coefficient (Wildman–Crippen LogP) is 2.77. The summed E-state index contributed by atoms with van der Waals surface area (Å²) in [7, 11) is 1.41. The fourth-order valence-electron chi connectivity index (χ4n) is 1.38. The van der Waals surface area contributed by atoms with Crippen molar-refractivity contribution in [3.8, 4) is 0 Å². The molecule has 0 saturated carbocycles. The van der Waals surface area contributed by atoms with E-state index in [1.165, 1.54) is 12.0 Å². The van der Waals surface area contributed by atoms with Gasteiger partial charge in [-0.05, 0) is 30.9 Å². The van der Waals surface area contributed by atoms with Crippen LogP contribution in [-0.2, 0) is 9.53 Å². The first kappa shape index (κ1) is 12.9. The number of nitrogens with one attached hydrogen (secondary N) is 1. The topological polar surface area (TPSA) is 38.3 Å². The lowest BCUT2D eigenvalue weighted by Gasteiger charge is -2.16. The van der Waals surface area contributed by atoms with Crippen LogP contribution in [0.3, 0.4) is 0 Å². The molecule has 0 fully saturated rings. The van der Waals surface area contributed by atoms with Gasteiger partial charge in [0.2, 0.25) is 0 Å². The van der Waals surface area contributed by atoms with Gasteiger partial charge in [0.25, 0.3) is 0 Å². The molecule has 0 heterocycles. The highest BCUT2D eigenvalue weighted by molar-refractivity contribution is 7.98. The summed E-state index contributed by atoms with van der Waals surface area (Å²) in [6.45, 7) is 1.95. The van der Waals surface area contributed by atoms with E-state index in [4.69, 9.17) is 4.74 Å². The van der Waals surface area contributed by atoms with Gasteiger partial charge in [-0.25, -0.2) is 4.79 Å². The minimum atomic E-state index is -0.276. The maximum absolute atomic E-state index is 11.4. The van der Waals surface area contributed by atoms with Crippen molar-refractivity contribution >= 4 is 23.4 Å². The second-order valence-electron chi connectivity index (χ2n) is 3.36. The van der Waals surface area contributed by atoms with E-state index in [-0.39, 0.29) is 12.0 Å². The Bertz CT molecular complexity index is 355. The number of esters is 1. The summed E-state index contributed by atoms with van der Waals surface area (Å²) >= 11 is 1.68. The first-order valence-corrected chi connectivity index (χ1v) is 6.42. The van der Waals surface area contributed by atoms with Crippen LogP contribution in [0.1, 0.15) is 13.3 Å². The Morgan fingerprint density at radius 2 is 2.31 bits per heavy atom. The number of hydrogen-bond acceptors (Lipinski definition) is 4. The van der Waals surface area contributed by atoms with Crippen LogP contribution in [0.25, 0.3) is 0 Å². The first-order chi connectivity index (χ1) is 7.71. The lowest BCUT2D eigenvalue weighted by Crippen LogP contribution is -2.29. The maximum atomic E-state index is 11.4. The van der Waals surface area contributed by atoms with E-state index in [9.17, 15) is 4.79 Å². The number of anilines is 1. The van der Waals surface area contributed by atoms with Crippen molar-refractivity contribution in [1.29, 1.82) is 0 Å². The van der Waals surface area contributed by atoms with E-state index in [1.807, 2.05) is 37.4 Å². The van der Waals surface area contributed by atoms with E-state index in [1.54, 1.807) is 11.8 Å². The van der Waals surface area contributed by atoms with Crippen molar-refractivity contribution in [3.05, 3.63) is 24.3 Å². The zero-order valence-electron chi connectivity index (χ0n) is 9.82. The normalized spacial score (nSPS) is 11.9. The number of methoxy groups -OCH3 is 1. The summed E-state index contributed by atoms with van der Waals surface area (Å²) in [5.74, 6) is -0.225. The summed E-state index contributed by atoms with van der Waals surface area (Å²) in [5.41, 5.74) is 0.948. The molecule has 0 aliphatic rings. The molecule has 16 heavy (non-hydrogen) atoms. The van der Waals surface area contributed by atoms with Gasteiger partial charge in [0.05, 0.1) is 7.11 Å². The van der Waals surface area contributed by atoms with Gasteiger partial charge in [0, 0.05) is 10.6 Å². The number of rotatable bonds is 5. The lowest BCUT2D eigenvalue weighted by molar-refractivity contribution is -0.141. The largest absolute Gasteiger partial charge is 0.467 e. The van der Waals surface area contributed by atoms with Crippen LogP contribution in [0.4, 0.5) is 5.69 Å². The molecule has 0 aromatic heterocycles. The molecular weight excluding hydrogens is 222 g/mol. The van der Waals surface area contributed by atoms with Crippen molar-refractivity contribution in [2.24, 2.45) is 0 Å². The van der Waals surface area contributed by atoms with Crippen molar-refractivity contribution in [1.82, 2.24) is 0 Å². The minimum Gasteiger partial charge on any atom is -0.467 e. The summed E-state index contributed by atoms with van der Waals surface area (Å²) in [5, 5.41) is 3.17. The number of benzene rings is 1. The van der Waals surface area contributed by atoms with Crippen LogP contribution in [0.5, 0.6) is 0 Å². The number of carbonyl (C=O) groups is 1. The highest BCUT2D eigenvalue weighted by Gasteiger charge is 2.16. The number of ether oxygens (including phenoxy) is 1. The average Bonchev–Trinajstić information content (AvgIpc) is 2.35. The molecule has 0 radical (unpaired) electrons. The van der Waals surface area contributed by atoms with Crippen molar-refractivity contribution in [2.75, 3.05) is 18.7 Å². The first-order valence-electron chi connectivity index (χ1n) is 5.19. The number of hydrogen-bond donors (Lipinski definition) is 1. The molecule has 88 valence electrons. The van der Waals surface area contributed by atoms with Crippen molar-refractivity contribution in [3.63, 3.8) is 0 Å². The monoisotopic (exact) mass is 239 g/mol. The zero-order valence-corrected chi connectivity index (χ0v) is 10.6. The smallest absolute Gasteiger partial charge is 0.328 e. The van der Waals surface area contributed by atoms with E-state index < -0.39 is 0 Å². The molecule has 0 amide bonds. The Balaban J connectivity index is 2.73. The summed E-state index contributed by atoms with van der Waals surface area (Å²) in [4.78, 5) is 12.6. The Labute approximate surface area is 101 Å². The maximum Gasteiger partial charge on any atom is 0.328 e. The Kier molecular flexibility index (Phi) is 5.19. The zero-order chi connectivity index (χ0) is 12.0. The van der Waals surface area contributed by atoms with Crippen molar-refractivity contribution < 1.29 is 9.53 Å². The Morgan fingerprint density at radius 1 is 1.56 bits per heavy atom. The predicted molar refractivity (Wildman–Crippen MR) is 67.9 cm³/mol. The lowest BCUT2D eigenvalue weighted by atomic mass is 10.2. The third-order valence-corrected chi connectivity index (χ3v) is 3.03. The number of thioether (sulfide) groups is 1. The molecule has 1 rings (SSSR count). The van der Waals surface area contributed by atoms with Crippen LogP contribution in [0, 0.1) is 0 Å². The Morgan fingerprint density at radius 3 is 2.88 bits per heavy atom. The van der Waals surface area contributed by atoms with E-state index in [0.717, 1.165) is 5.69 Å². The highest BCUT2D eigenvalue weighted by Crippen LogP contribution is 2.20. The van der Waals surface area contributed by atoms with Gasteiger partial charge < -0.3 is 10.1 Å². The van der Waals surface area contributed by atoms with E-state index >= 15 is 0 Å². The molecule has 0 saturated heterocycles. The van der Waals surface area contributed by atoms with Crippen LogP contribution in [0.15, 0.2) is 29.2 Å². The van der Waals surface area contributed by atoms with Gasteiger partial charge in [-0.3, -0.25) is 0 Å². The SMILES string of the molecule is CCC(Nc1cccc(SC)c1)C(=O)OC. The van der Waals surface area contributed by atoms with Gasteiger partial charge in [-0.1, -0.05) is 13.0 Å². The van der Waals surface area contributed by atoms with Gasteiger partial charge in [-0.15, -0.1) is 11.8 Å². The molecule has 1 atom stereocenters. The quantitative estimate of drug-likeness (QED) is 0.633. The molecule has 0 spiro atoms. The summed E-state index contributed by atoms with van der Waals surface area (Å²) < 4.78 is 4.73. The third kappa shape index (κ3) is 3.45. The second kappa shape index (κ2) is 6.43. The van der Waals surface area contributed by atoms with E-state index in [0.29, 0.717) is 6.42 Å². The van der Waals surface area contributed by atoms with Crippen LogP contribution < -0.4 is 5.32 Å². The van der Waals surface area contributed by atoms with Crippen LogP contribution >= 0.6 is 11.8 Å². The summed E-state index contributed by atoms with van der Waals surface area (Å²) in [6, 6.07) is 7.71. The fraction of sp³-hybridized carbons (Fsp3) is 0.417. The van der Waals surface area contributed by atoms with Gasteiger partial charge >= 0.3 is 5.97 Å². The van der Waals surface area contributed by atoms with Crippen LogP contribution in [-0.4, -0.2) is 25.4 Å². The fourth-order valence-corrected chi connectivity index (χ4v) is 1.84. The van der Waals surface area contributed by atoms with Gasteiger partial charge in [0.1, 0.15) is 6.04 Å². The standard InChI is InChI=1S/C12H17NO2S/c1-4-11(12(14)15-2)13-9-6-5-7-10(8-9)16-3/h5-8,11,13H,4H2,1-3H3. The van der Waals surface area contributed by atoms with Crippen LogP contribution in [0.2, 0.25) is 0 Å². The molecule has 1 aromatic rings. The molecule has 4 heteroatoms.